The Hall–Kier alpha value is -2.78. The lowest BCUT2D eigenvalue weighted by Gasteiger charge is -2.29. The summed E-state index contributed by atoms with van der Waals surface area (Å²) < 4.78 is 52.8. The van der Waals surface area contributed by atoms with Gasteiger partial charge in [-0.2, -0.15) is 4.31 Å². The van der Waals surface area contributed by atoms with E-state index in [1.54, 1.807) is 36.4 Å². The van der Waals surface area contributed by atoms with Gasteiger partial charge in [-0.05, 0) is 62.6 Å². The minimum absolute atomic E-state index is 0.0680. The molecule has 0 spiro atoms. The van der Waals surface area contributed by atoms with Crippen LogP contribution in [0.2, 0.25) is 0 Å². The molecule has 1 aliphatic rings. The smallest absolute Gasteiger partial charge is 0.250 e. The molecule has 31 heavy (non-hydrogen) atoms. The van der Waals surface area contributed by atoms with Gasteiger partial charge in [-0.15, -0.1) is 10.2 Å². The highest BCUT2D eigenvalue weighted by Crippen LogP contribution is 2.32. The molecule has 0 radical (unpaired) electrons. The number of aryl methyl sites for hydroxylation is 1. The van der Waals surface area contributed by atoms with Gasteiger partial charge in [-0.3, -0.25) is 0 Å². The molecule has 1 fully saturated rings. The second kappa shape index (κ2) is 8.76. The summed E-state index contributed by atoms with van der Waals surface area (Å²) in [4.78, 5) is 0.256. The Bertz CT molecular complexity index is 1170. The predicted molar refractivity (Wildman–Crippen MR) is 113 cm³/mol. The van der Waals surface area contributed by atoms with Gasteiger partial charge in [-0.1, -0.05) is 12.1 Å². The normalized spacial score (nSPS) is 15.8. The van der Waals surface area contributed by atoms with Gasteiger partial charge in [-0.25, -0.2) is 12.8 Å². The maximum Gasteiger partial charge on any atom is 0.250 e. The third-order valence-electron chi connectivity index (χ3n) is 5.43. The molecule has 164 valence electrons. The van der Waals surface area contributed by atoms with E-state index in [1.807, 2.05) is 13.8 Å². The maximum atomic E-state index is 14.0. The molecule has 0 aliphatic carbocycles. The molecule has 1 saturated heterocycles. The van der Waals surface area contributed by atoms with E-state index < -0.39 is 15.8 Å². The molecule has 1 aromatic heterocycles. The average molecular weight is 446 g/mol. The summed E-state index contributed by atoms with van der Waals surface area (Å²) in [5, 5.41) is 8.05. The topological polar surface area (TPSA) is 85.5 Å². The van der Waals surface area contributed by atoms with Gasteiger partial charge in [0.15, 0.2) is 0 Å². The van der Waals surface area contributed by atoms with Crippen LogP contribution in [0.3, 0.4) is 0 Å². The van der Waals surface area contributed by atoms with E-state index >= 15 is 0 Å². The molecule has 0 saturated carbocycles. The first-order chi connectivity index (χ1) is 14.9. The van der Waals surface area contributed by atoms with Crippen LogP contribution in [-0.2, 0) is 10.0 Å². The minimum Gasteiger partial charge on any atom is -0.494 e. The lowest BCUT2D eigenvalue weighted by atomic mass is 9.98. The minimum atomic E-state index is -3.60. The highest BCUT2D eigenvalue weighted by atomic mass is 32.2. The molecule has 0 amide bonds. The number of piperidine rings is 1. The van der Waals surface area contributed by atoms with E-state index in [2.05, 4.69) is 10.2 Å². The van der Waals surface area contributed by atoms with Gasteiger partial charge in [0.25, 0.3) is 5.89 Å². The van der Waals surface area contributed by atoms with Crippen LogP contribution in [0.25, 0.3) is 11.5 Å². The number of benzene rings is 2. The lowest BCUT2D eigenvalue weighted by Crippen LogP contribution is -2.38. The number of ether oxygens (including phenoxy) is 1. The summed E-state index contributed by atoms with van der Waals surface area (Å²) >= 11 is 0. The monoisotopic (exact) mass is 445 g/mol. The van der Waals surface area contributed by atoms with Crippen LogP contribution < -0.4 is 4.74 Å². The molecule has 0 bridgehead atoms. The fraction of sp³-hybridized carbons (Fsp3) is 0.364. The standard InChI is InChI=1S/C22H24FN3O4S/c1-3-29-20-9-8-17(14-15(20)2)31(27,28)26-12-10-16(11-13-26)21-24-25-22(30-21)18-6-4-5-7-19(18)23/h4-9,14,16H,3,10-13H2,1-2H3. The SMILES string of the molecule is CCOc1ccc(S(=O)(=O)N2CCC(c3nnc(-c4ccccc4F)o3)CC2)cc1C. The van der Waals surface area contributed by atoms with Crippen molar-refractivity contribution in [2.75, 3.05) is 19.7 Å². The Morgan fingerprint density at radius 1 is 1.16 bits per heavy atom. The molecule has 7 nitrogen and oxygen atoms in total. The van der Waals surface area contributed by atoms with Gasteiger partial charge in [0, 0.05) is 19.0 Å². The van der Waals surface area contributed by atoms with Crippen LogP contribution in [0, 0.1) is 12.7 Å². The van der Waals surface area contributed by atoms with Crippen molar-refractivity contribution >= 4 is 10.0 Å². The number of halogens is 1. The van der Waals surface area contributed by atoms with E-state index in [0.717, 1.165) is 5.56 Å². The quantitative estimate of drug-likeness (QED) is 0.567. The molecule has 4 rings (SSSR count). The summed E-state index contributed by atoms with van der Waals surface area (Å²) in [7, 11) is -3.60. The van der Waals surface area contributed by atoms with Crippen molar-refractivity contribution in [3.05, 3.63) is 59.7 Å². The third-order valence-corrected chi connectivity index (χ3v) is 7.33. The van der Waals surface area contributed by atoms with E-state index in [9.17, 15) is 12.8 Å². The Morgan fingerprint density at radius 3 is 2.58 bits per heavy atom. The van der Waals surface area contributed by atoms with E-state index in [-0.39, 0.29) is 22.3 Å². The Balaban J connectivity index is 1.45. The summed E-state index contributed by atoms with van der Waals surface area (Å²) in [6.07, 6.45) is 1.10. The molecule has 9 heteroatoms. The van der Waals surface area contributed by atoms with Crippen molar-refractivity contribution < 1.29 is 22.0 Å². The fourth-order valence-corrected chi connectivity index (χ4v) is 5.29. The molecule has 2 aromatic carbocycles. The van der Waals surface area contributed by atoms with Crippen LogP contribution in [0.4, 0.5) is 4.39 Å². The zero-order chi connectivity index (χ0) is 22.0. The molecule has 0 atom stereocenters. The Kier molecular flexibility index (Phi) is 6.06. The summed E-state index contributed by atoms with van der Waals surface area (Å²) in [5.41, 5.74) is 1.04. The molecule has 3 aromatic rings. The van der Waals surface area contributed by atoms with Crippen LogP contribution in [0.5, 0.6) is 5.75 Å². The Morgan fingerprint density at radius 2 is 1.90 bits per heavy atom. The first kappa shape index (κ1) is 21.5. The number of rotatable bonds is 6. The fourth-order valence-electron chi connectivity index (χ4n) is 3.74. The van der Waals surface area contributed by atoms with Crippen molar-refractivity contribution in [1.29, 1.82) is 0 Å². The molecular weight excluding hydrogens is 421 g/mol. The van der Waals surface area contributed by atoms with Gasteiger partial charge < -0.3 is 9.15 Å². The number of aromatic nitrogens is 2. The van der Waals surface area contributed by atoms with Crippen molar-refractivity contribution in [3.8, 4) is 17.2 Å². The first-order valence-corrected chi connectivity index (χ1v) is 11.7. The van der Waals surface area contributed by atoms with Crippen molar-refractivity contribution in [2.24, 2.45) is 0 Å². The molecule has 2 heterocycles. The highest BCUT2D eigenvalue weighted by molar-refractivity contribution is 7.89. The summed E-state index contributed by atoms with van der Waals surface area (Å²) in [6, 6.07) is 11.1. The highest BCUT2D eigenvalue weighted by Gasteiger charge is 2.32. The van der Waals surface area contributed by atoms with Gasteiger partial charge >= 0.3 is 0 Å². The largest absolute Gasteiger partial charge is 0.494 e. The predicted octanol–water partition coefficient (Wildman–Crippen LogP) is 4.15. The molecule has 0 unspecified atom stereocenters. The molecule has 0 N–H and O–H groups in total. The van der Waals surface area contributed by atoms with Crippen LogP contribution in [0.15, 0.2) is 51.8 Å². The van der Waals surface area contributed by atoms with E-state index in [4.69, 9.17) is 9.15 Å². The first-order valence-electron chi connectivity index (χ1n) is 10.2. The second-order valence-corrected chi connectivity index (χ2v) is 9.40. The van der Waals surface area contributed by atoms with Crippen LogP contribution in [-0.4, -0.2) is 42.6 Å². The van der Waals surface area contributed by atoms with E-state index in [0.29, 0.717) is 44.2 Å². The van der Waals surface area contributed by atoms with Gasteiger partial charge in [0.1, 0.15) is 11.6 Å². The molecular formula is C22H24FN3O4S. The second-order valence-electron chi connectivity index (χ2n) is 7.46. The number of hydrogen-bond acceptors (Lipinski definition) is 6. The van der Waals surface area contributed by atoms with Crippen molar-refractivity contribution in [2.45, 2.75) is 37.5 Å². The summed E-state index contributed by atoms with van der Waals surface area (Å²) in [5.74, 6) is 0.730. The average Bonchev–Trinajstić information content (AvgIpc) is 3.25. The van der Waals surface area contributed by atoms with Gasteiger partial charge in [0.2, 0.25) is 15.9 Å². The zero-order valence-electron chi connectivity index (χ0n) is 17.4. The lowest BCUT2D eigenvalue weighted by molar-refractivity contribution is 0.291. The van der Waals surface area contributed by atoms with Gasteiger partial charge in [0.05, 0.1) is 17.1 Å². The number of nitrogens with zero attached hydrogens (tertiary/aromatic N) is 3. The van der Waals surface area contributed by atoms with Crippen LogP contribution in [0.1, 0.15) is 37.1 Å². The summed E-state index contributed by atoms with van der Waals surface area (Å²) in [6.45, 7) is 4.93. The number of sulfonamides is 1. The number of hydrogen-bond donors (Lipinski definition) is 0. The van der Waals surface area contributed by atoms with Crippen molar-refractivity contribution in [3.63, 3.8) is 0 Å². The zero-order valence-corrected chi connectivity index (χ0v) is 18.2. The maximum absolute atomic E-state index is 14.0. The third kappa shape index (κ3) is 4.33. The molecule has 1 aliphatic heterocycles. The van der Waals surface area contributed by atoms with E-state index in [1.165, 1.54) is 10.4 Å². The Labute approximate surface area is 180 Å². The van der Waals surface area contributed by atoms with Crippen LogP contribution >= 0.6 is 0 Å². The van der Waals surface area contributed by atoms with Crippen molar-refractivity contribution in [1.82, 2.24) is 14.5 Å².